The number of nitrogens with one attached hydrogen (secondary N) is 1. The van der Waals surface area contributed by atoms with Crippen LogP contribution in [0.1, 0.15) is 18.9 Å². The largest absolute Gasteiger partial charge is 0.411 e. The number of ether oxygens (including phenoxy) is 1. The molecule has 24 heavy (non-hydrogen) atoms. The Morgan fingerprint density at radius 2 is 1.92 bits per heavy atom. The average Bonchev–Trinajstić information content (AvgIpc) is 2.52. The Morgan fingerprint density at radius 1 is 1.29 bits per heavy atom. The van der Waals surface area contributed by atoms with Crippen LogP contribution < -0.4 is 5.32 Å². The maximum atomic E-state index is 12.0. The molecule has 0 heterocycles. The molecule has 1 N–H and O–H groups in total. The van der Waals surface area contributed by atoms with Gasteiger partial charge in [0.05, 0.1) is 12.7 Å². The number of hydrogen-bond donors (Lipinski definition) is 1. The fraction of sp³-hybridized carbons (Fsp3) is 0.438. The van der Waals surface area contributed by atoms with Gasteiger partial charge in [-0.1, -0.05) is 19.1 Å². The molecular weight excluding hydrogens is 325 g/mol. The zero-order valence-electron chi connectivity index (χ0n) is 13.0. The molecule has 0 aliphatic rings. The van der Waals surface area contributed by atoms with Gasteiger partial charge < -0.3 is 10.1 Å². The number of ketones is 1. The zero-order valence-corrected chi connectivity index (χ0v) is 13.0. The Hall–Kier alpha value is -2.40. The van der Waals surface area contributed by atoms with Crippen molar-refractivity contribution in [2.45, 2.75) is 25.9 Å². The number of anilines is 1. The maximum Gasteiger partial charge on any atom is 0.411 e. The summed E-state index contributed by atoms with van der Waals surface area (Å²) in [6, 6.07) is 8.43. The highest BCUT2D eigenvalue weighted by Crippen LogP contribution is 2.15. The molecule has 1 amide bonds. The first-order valence-corrected chi connectivity index (χ1v) is 7.23. The highest BCUT2D eigenvalue weighted by Gasteiger charge is 2.29. The number of carbonyl (C=O) groups is 2. The molecule has 5 nitrogen and oxygen atoms in total. The molecule has 0 bridgehead atoms. The summed E-state index contributed by atoms with van der Waals surface area (Å²) in [5, 5.41) is 11.4. The molecular formula is C16H17F3N2O3. The van der Waals surface area contributed by atoms with Gasteiger partial charge in [0.2, 0.25) is 5.91 Å². The number of halogens is 3. The van der Waals surface area contributed by atoms with Crippen molar-refractivity contribution >= 4 is 17.4 Å². The van der Waals surface area contributed by atoms with E-state index in [2.05, 4.69) is 10.1 Å². The number of aryl methyl sites for hydroxylation is 1. The summed E-state index contributed by atoms with van der Waals surface area (Å²) in [5.74, 6) is -3.20. The van der Waals surface area contributed by atoms with E-state index in [-0.39, 0.29) is 0 Å². The Morgan fingerprint density at radius 3 is 2.42 bits per heavy atom. The van der Waals surface area contributed by atoms with Crippen LogP contribution in [-0.2, 0) is 20.7 Å². The standard InChI is InChI=1S/C16H17F3N2O3/c1-2-11-3-5-12(6-4-11)21-15(23)13(9-20)14(22)7-8-24-10-16(17,18)19/h3-6,13H,2,7-8,10H2,1H3,(H,21,23). The molecule has 1 unspecified atom stereocenters. The zero-order chi connectivity index (χ0) is 18.2. The second-order valence-corrected chi connectivity index (χ2v) is 4.99. The van der Waals surface area contributed by atoms with Gasteiger partial charge in [-0.2, -0.15) is 18.4 Å². The lowest BCUT2D eigenvalue weighted by atomic mass is 10.0. The number of hydrogen-bond acceptors (Lipinski definition) is 4. The first-order chi connectivity index (χ1) is 11.3. The molecule has 0 radical (unpaired) electrons. The van der Waals surface area contributed by atoms with Crippen LogP contribution in [0.25, 0.3) is 0 Å². The number of Topliss-reactive ketones (excluding diaryl/α,β-unsaturated/α-hetero) is 1. The lowest BCUT2D eigenvalue weighted by Crippen LogP contribution is -2.29. The topological polar surface area (TPSA) is 79.2 Å². The van der Waals surface area contributed by atoms with Crippen molar-refractivity contribution in [2.75, 3.05) is 18.5 Å². The number of nitrogens with zero attached hydrogens (tertiary/aromatic N) is 1. The van der Waals surface area contributed by atoms with Crippen LogP contribution in [0.15, 0.2) is 24.3 Å². The van der Waals surface area contributed by atoms with Gasteiger partial charge >= 0.3 is 6.18 Å². The van der Waals surface area contributed by atoms with Gasteiger partial charge in [0.1, 0.15) is 6.61 Å². The summed E-state index contributed by atoms with van der Waals surface area (Å²) in [7, 11) is 0. The third kappa shape index (κ3) is 6.79. The molecule has 0 spiro atoms. The molecule has 1 rings (SSSR count). The van der Waals surface area contributed by atoms with E-state index in [4.69, 9.17) is 5.26 Å². The molecule has 0 fully saturated rings. The summed E-state index contributed by atoms with van der Waals surface area (Å²) < 4.78 is 40.0. The summed E-state index contributed by atoms with van der Waals surface area (Å²) in [6.07, 6.45) is -4.11. The maximum absolute atomic E-state index is 12.0. The molecule has 1 atom stereocenters. The molecule has 0 aliphatic carbocycles. The minimum atomic E-state index is -4.49. The van der Waals surface area contributed by atoms with E-state index in [0.717, 1.165) is 12.0 Å². The molecule has 1 aromatic carbocycles. The summed E-state index contributed by atoms with van der Waals surface area (Å²) in [4.78, 5) is 23.7. The monoisotopic (exact) mass is 342 g/mol. The molecule has 0 saturated heterocycles. The van der Waals surface area contributed by atoms with E-state index in [1.54, 1.807) is 30.3 Å². The van der Waals surface area contributed by atoms with Crippen molar-refractivity contribution in [3.05, 3.63) is 29.8 Å². The van der Waals surface area contributed by atoms with E-state index in [0.29, 0.717) is 5.69 Å². The minimum Gasteiger partial charge on any atom is -0.372 e. The van der Waals surface area contributed by atoms with E-state index in [1.165, 1.54) is 0 Å². The summed E-state index contributed by atoms with van der Waals surface area (Å²) in [6.45, 7) is -0.0126. The van der Waals surface area contributed by atoms with E-state index >= 15 is 0 Å². The summed E-state index contributed by atoms with van der Waals surface area (Å²) >= 11 is 0. The number of alkyl halides is 3. The van der Waals surface area contributed by atoms with Gasteiger partial charge in [-0.05, 0) is 24.1 Å². The van der Waals surface area contributed by atoms with Gasteiger partial charge in [0.25, 0.3) is 0 Å². The van der Waals surface area contributed by atoms with Crippen molar-refractivity contribution in [1.29, 1.82) is 5.26 Å². The number of nitriles is 1. The normalized spacial score (nSPS) is 12.3. The Kier molecular flexibility index (Phi) is 7.39. The third-order valence-electron chi connectivity index (χ3n) is 3.10. The number of carbonyl (C=O) groups excluding carboxylic acids is 2. The van der Waals surface area contributed by atoms with E-state index in [1.807, 2.05) is 6.92 Å². The van der Waals surface area contributed by atoms with Gasteiger partial charge in [-0.15, -0.1) is 0 Å². The van der Waals surface area contributed by atoms with Crippen LogP contribution in [0.3, 0.4) is 0 Å². The van der Waals surface area contributed by atoms with Crippen molar-refractivity contribution in [3.63, 3.8) is 0 Å². The lowest BCUT2D eigenvalue weighted by Gasteiger charge is -2.11. The average molecular weight is 342 g/mol. The first-order valence-electron chi connectivity index (χ1n) is 7.23. The van der Waals surface area contributed by atoms with Crippen LogP contribution >= 0.6 is 0 Å². The van der Waals surface area contributed by atoms with Gasteiger partial charge in [0, 0.05) is 12.1 Å². The predicted octanol–water partition coefficient (Wildman–Crippen LogP) is 2.87. The summed E-state index contributed by atoms with van der Waals surface area (Å²) in [5.41, 5.74) is 1.49. The Labute approximate surface area is 137 Å². The number of rotatable bonds is 8. The third-order valence-corrected chi connectivity index (χ3v) is 3.10. The Balaban J connectivity index is 2.53. The number of amides is 1. The molecule has 8 heteroatoms. The molecule has 0 saturated carbocycles. The second-order valence-electron chi connectivity index (χ2n) is 4.99. The second kappa shape index (κ2) is 9.03. The lowest BCUT2D eigenvalue weighted by molar-refractivity contribution is -0.174. The smallest absolute Gasteiger partial charge is 0.372 e. The fourth-order valence-corrected chi connectivity index (χ4v) is 1.82. The van der Waals surface area contributed by atoms with Crippen LogP contribution in [0.5, 0.6) is 0 Å². The molecule has 0 aromatic heterocycles. The highest BCUT2D eigenvalue weighted by atomic mass is 19.4. The SMILES string of the molecule is CCc1ccc(NC(=O)C(C#N)C(=O)CCOCC(F)(F)F)cc1. The molecule has 1 aromatic rings. The van der Waals surface area contributed by atoms with Crippen molar-refractivity contribution in [3.8, 4) is 6.07 Å². The van der Waals surface area contributed by atoms with Crippen LogP contribution in [0.4, 0.5) is 18.9 Å². The Bertz CT molecular complexity index is 606. The van der Waals surface area contributed by atoms with Crippen LogP contribution in [0.2, 0.25) is 0 Å². The van der Waals surface area contributed by atoms with E-state index < -0.39 is 43.4 Å². The van der Waals surface area contributed by atoms with Gasteiger partial charge in [0.15, 0.2) is 11.7 Å². The van der Waals surface area contributed by atoms with Crippen LogP contribution in [-0.4, -0.2) is 31.1 Å². The minimum absolute atomic E-state index is 0.429. The van der Waals surface area contributed by atoms with Gasteiger partial charge in [-0.25, -0.2) is 0 Å². The van der Waals surface area contributed by atoms with Crippen molar-refractivity contribution in [1.82, 2.24) is 0 Å². The first kappa shape index (κ1) is 19.6. The fourth-order valence-electron chi connectivity index (χ4n) is 1.82. The van der Waals surface area contributed by atoms with Crippen molar-refractivity contribution in [2.24, 2.45) is 5.92 Å². The van der Waals surface area contributed by atoms with E-state index in [9.17, 15) is 22.8 Å². The predicted molar refractivity (Wildman–Crippen MR) is 80.1 cm³/mol. The quantitative estimate of drug-likeness (QED) is 0.582. The van der Waals surface area contributed by atoms with Crippen molar-refractivity contribution < 1.29 is 27.5 Å². The van der Waals surface area contributed by atoms with Crippen LogP contribution in [0, 0.1) is 17.2 Å². The highest BCUT2D eigenvalue weighted by molar-refractivity contribution is 6.09. The molecule has 130 valence electrons. The van der Waals surface area contributed by atoms with Gasteiger partial charge in [-0.3, -0.25) is 9.59 Å². The molecule has 0 aliphatic heterocycles. The number of benzene rings is 1.